The van der Waals surface area contributed by atoms with Crippen molar-refractivity contribution in [3.05, 3.63) is 53.1 Å². The van der Waals surface area contributed by atoms with Crippen molar-refractivity contribution in [2.75, 3.05) is 38.0 Å². The predicted octanol–water partition coefficient (Wildman–Crippen LogP) is 3.85. The summed E-state index contributed by atoms with van der Waals surface area (Å²) >= 11 is 6.02. The highest BCUT2D eigenvalue weighted by Crippen LogP contribution is 2.30. The quantitative estimate of drug-likeness (QED) is 0.655. The third kappa shape index (κ3) is 5.03. The van der Waals surface area contributed by atoms with Gasteiger partial charge in [-0.25, -0.2) is 8.42 Å². The van der Waals surface area contributed by atoms with Gasteiger partial charge in [-0.15, -0.1) is 0 Å². The molecule has 1 atom stereocenters. The third-order valence-corrected chi connectivity index (χ3v) is 7.70. The monoisotopic (exact) mass is 477 g/mol. The van der Waals surface area contributed by atoms with Crippen molar-refractivity contribution >= 4 is 33.2 Å². The first-order valence-corrected chi connectivity index (χ1v) is 12.7. The Hall–Kier alpha value is -2.29. The van der Waals surface area contributed by atoms with Gasteiger partial charge in [-0.2, -0.15) is 0 Å². The number of ether oxygens (including phenoxy) is 1. The number of hydrogen-bond acceptors (Lipinski definition) is 5. The zero-order valence-corrected chi connectivity index (χ0v) is 19.7. The first kappa shape index (κ1) is 22.9. The summed E-state index contributed by atoms with van der Waals surface area (Å²) in [5.41, 5.74) is 0.612. The Balaban J connectivity index is 1.53. The Kier molecular flexibility index (Phi) is 6.93. The molecule has 2 saturated heterocycles. The first-order chi connectivity index (χ1) is 15.4. The Bertz CT molecular complexity index is 1090. The zero-order valence-electron chi connectivity index (χ0n) is 18.1. The van der Waals surface area contributed by atoms with E-state index in [1.165, 1.54) is 38.2 Å². The zero-order chi connectivity index (χ0) is 22.7. The van der Waals surface area contributed by atoms with Crippen molar-refractivity contribution in [2.24, 2.45) is 0 Å². The van der Waals surface area contributed by atoms with Gasteiger partial charge in [-0.05, 0) is 75.2 Å². The molecule has 0 radical (unpaired) electrons. The maximum atomic E-state index is 13.3. The molecule has 2 aromatic rings. The molecule has 1 amide bonds. The lowest BCUT2D eigenvalue weighted by molar-refractivity contribution is 0.0708. The van der Waals surface area contributed by atoms with Gasteiger partial charge in [0.05, 0.1) is 17.7 Å². The number of nitrogens with zero attached hydrogens (tertiary/aromatic N) is 2. The summed E-state index contributed by atoms with van der Waals surface area (Å²) in [6.07, 6.45) is 4.38. The molecule has 1 unspecified atom stereocenters. The van der Waals surface area contributed by atoms with Crippen LogP contribution in [0.4, 0.5) is 5.69 Å². The first-order valence-electron chi connectivity index (χ1n) is 10.9. The van der Waals surface area contributed by atoms with Gasteiger partial charge >= 0.3 is 0 Å². The summed E-state index contributed by atoms with van der Waals surface area (Å²) < 4.78 is 33.8. The predicted molar refractivity (Wildman–Crippen MR) is 125 cm³/mol. The summed E-state index contributed by atoms with van der Waals surface area (Å²) in [5.74, 6) is 0.233. The van der Waals surface area contributed by atoms with E-state index in [1.54, 1.807) is 24.3 Å². The van der Waals surface area contributed by atoms with Gasteiger partial charge in [0.2, 0.25) is 0 Å². The van der Waals surface area contributed by atoms with Gasteiger partial charge < -0.3 is 14.5 Å². The van der Waals surface area contributed by atoms with Crippen LogP contribution in [0.3, 0.4) is 0 Å². The third-order valence-electron chi connectivity index (χ3n) is 6.10. The van der Waals surface area contributed by atoms with Crippen molar-refractivity contribution in [1.29, 1.82) is 0 Å². The molecule has 2 fully saturated rings. The fourth-order valence-electron chi connectivity index (χ4n) is 4.48. The van der Waals surface area contributed by atoms with Crippen LogP contribution in [-0.4, -0.2) is 63.5 Å². The summed E-state index contributed by atoms with van der Waals surface area (Å²) in [6.45, 7) is 3.77. The van der Waals surface area contributed by atoms with Gasteiger partial charge in [-0.3, -0.25) is 9.52 Å². The number of carbonyl (C=O) groups is 1. The number of anilines is 1. The van der Waals surface area contributed by atoms with Gasteiger partial charge in [0.1, 0.15) is 5.75 Å². The fourth-order valence-corrected chi connectivity index (χ4v) is 5.76. The molecule has 0 aromatic heterocycles. The normalized spacial score (nSPS) is 19.3. The van der Waals surface area contributed by atoms with Crippen LogP contribution in [0, 0.1) is 0 Å². The van der Waals surface area contributed by atoms with Crippen molar-refractivity contribution < 1.29 is 17.9 Å². The number of amides is 1. The maximum Gasteiger partial charge on any atom is 0.262 e. The standard InChI is InChI=1S/C23H28ClN3O4S/c1-31-22-10-9-18(24)15-21(22)25-32(29,30)20-8-4-6-17(14-20)23(28)27-13-5-7-19(27)16-26-11-2-3-12-26/h4,6,8-10,14-15,19,25H,2-3,5,7,11-13,16H2,1H3. The van der Waals surface area contributed by atoms with E-state index in [0.29, 0.717) is 22.9 Å². The number of hydrogen-bond donors (Lipinski definition) is 1. The molecule has 172 valence electrons. The number of carbonyl (C=O) groups excluding carboxylic acids is 1. The molecule has 2 aliphatic heterocycles. The average Bonchev–Trinajstić information content (AvgIpc) is 3.46. The van der Waals surface area contributed by atoms with E-state index in [-0.39, 0.29) is 22.5 Å². The number of sulfonamides is 1. The molecule has 0 aliphatic carbocycles. The molecule has 32 heavy (non-hydrogen) atoms. The minimum Gasteiger partial charge on any atom is -0.495 e. The summed E-state index contributed by atoms with van der Waals surface area (Å²) in [7, 11) is -2.49. The van der Waals surface area contributed by atoms with E-state index in [0.717, 1.165) is 32.5 Å². The minimum atomic E-state index is -3.94. The van der Waals surface area contributed by atoms with Crippen LogP contribution in [0.25, 0.3) is 0 Å². The summed E-state index contributed by atoms with van der Waals surface area (Å²) in [4.78, 5) is 17.6. The second-order valence-corrected chi connectivity index (χ2v) is 10.4. The minimum absolute atomic E-state index is 0.0145. The van der Waals surface area contributed by atoms with E-state index in [9.17, 15) is 13.2 Å². The number of benzene rings is 2. The maximum absolute atomic E-state index is 13.3. The average molecular weight is 478 g/mol. The molecule has 0 spiro atoms. The van der Waals surface area contributed by atoms with Crippen molar-refractivity contribution in [1.82, 2.24) is 9.80 Å². The van der Waals surface area contributed by atoms with Crippen molar-refractivity contribution in [2.45, 2.75) is 36.6 Å². The Labute approximate surface area is 194 Å². The lowest BCUT2D eigenvalue weighted by Gasteiger charge is -2.28. The molecule has 7 nitrogen and oxygen atoms in total. The van der Waals surface area contributed by atoms with Gasteiger partial charge in [-0.1, -0.05) is 17.7 Å². The van der Waals surface area contributed by atoms with Crippen molar-refractivity contribution in [3.63, 3.8) is 0 Å². The van der Waals surface area contributed by atoms with E-state index in [1.807, 2.05) is 4.90 Å². The van der Waals surface area contributed by atoms with Crippen LogP contribution >= 0.6 is 11.6 Å². The number of halogens is 1. The molecular weight excluding hydrogens is 450 g/mol. The highest BCUT2D eigenvalue weighted by molar-refractivity contribution is 7.92. The van der Waals surface area contributed by atoms with Crippen LogP contribution in [0.15, 0.2) is 47.4 Å². The number of rotatable bonds is 7. The fraction of sp³-hybridized carbons (Fsp3) is 0.435. The molecule has 0 saturated carbocycles. The number of methoxy groups -OCH3 is 1. The highest BCUT2D eigenvalue weighted by Gasteiger charge is 2.32. The van der Waals surface area contributed by atoms with Crippen molar-refractivity contribution in [3.8, 4) is 5.75 Å². The Morgan fingerprint density at radius 2 is 1.91 bits per heavy atom. The van der Waals surface area contributed by atoms with Crippen LogP contribution in [-0.2, 0) is 10.0 Å². The molecule has 2 aliphatic rings. The lowest BCUT2D eigenvalue weighted by atomic mass is 10.1. The molecule has 0 bridgehead atoms. The molecule has 1 N–H and O–H groups in total. The highest BCUT2D eigenvalue weighted by atomic mass is 35.5. The van der Waals surface area contributed by atoms with E-state index >= 15 is 0 Å². The van der Waals surface area contributed by atoms with E-state index in [4.69, 9.17) is 16.3 Å². The molecule has 9 heteroatoms. The van der Waals surface area contributed by atoms with Gasteiger partial charge in [0.15, 0.2) is 0 Å². The van der Waals surface area contributed by atoms with Crippen LogP contribution in [0.1, 0.15) is 36.0 Å². The number of nitrogens with one attached hydrogen (secondary N) is 1. The SMILES string of the molecule is COc1ccc(Cl)cc1NS(=O)(=O)c1cccc(C(=O)N2CCCC2CN2CCCC2)c1. The molecular formula is C23H28ClN3O4S. The topological polar surface area (TPSA) is 78.9 Å². The molecule has 4 rings (SSSR count). The lowest BCUT2D eigenvalue weighted by Crippen LogP contribution is -2.42. The Morgan fingerprint density at radius 3 is 2.66 bits per heavy atom. The smallest absolute Gasteiger partial charge is 0.262 e. The van der Waals surface area contributed by atoms with Gasteiger partial charge in [0, 0.05) is 29.7 Å². The van der Waals surface area contributed by atoms with E-state index < -0.39 is 10.0 Å². The largest absolute Gasteiger partial charge is 0.495 e. The summed E-state index contributed by atoms with van der Waals surface area (Å²) in [6, 6.07) is 11.1. The second-order valence-electron chi connectivity index (χ2n) is 8.28. The molecule has 2 aromatic carbocycles. The molecule has 2 heterocycles. The van der Waals surface area contributed by atoms with Gasteiger partial charge in [0.25, 0.3) is 15.9 Å². The van der Waals surface area contributed by atoms with Crippen LogP contribution in [0.2, 0.25) is 5.02 Å². The summed E-state index contributed by atoms with van der Waals surface area (Å²) in [5, 5.41) is 0.380. The Morgan fingerprint density at radius 1 is 1.12 bits per heavy atom. The van der Waals surface area contributed by atoms with E-state index in [2.05, 4.69) is 9.62 Å². The van der Waals surface area contributed by atoms with Crippen LogP contribution in [0.5, 0.6) is 5.75 Å². The second kappa shape index (κ2) is 9.68. The number of likely N-dealkylation sites (tertiary alicyclic amines) is 2. The van der Waals surface area contributed by atoms with Crippen LogP contribution < -0.4 is 9.46 Å².